The molecule has 0 unspecified atom stereocenters. The number of anilines is 2. The summed E-state index contributed by atoms with van der Waals surface area (Å²) in [7, 11) is 0. The number of nitrogens with one attached hydrogen (secondary N) is 1. The van der Waals surface area contributed by atoms with Gasteiger partial charge in [-0.05, 0) is 12.1 Å². The van der Waals surface area contributed by atoms with E-state index in [1.807, 2.05) is 16.8 Å². The van der Waals surface area contributed by atoms with E-state index in [9.17, 15) is 0 Å². The smallest absolute Gasteiger partial charge is 0.223 e. The Hall–Kier alpha value is -3.56. The van der Waals surface area contributed by atoms with Gasteiger partial charge in [0.2, 0.25) is 11.8 Å². The van der Waals surface area contributed by atoms with Gasteiger partial charge in [-0.1, -0.05) is 5.16 Å². The molecule has 3 N–H and O–H groups in total. The van der Waals surface area contributed by atoms with Crippen LogP contribution in [0.25, 0.3) is 11.0 Å². The minimum Gasteiger partial charge on any atom is -0.368 e. The van der Waals surface area contributed by atoms with Gasteiger partial charge in [-0.25, -0.2) is 15.0 Å². The van der Waals surface area contributed by atoms with Crippen molar-refractivity contribution in [2.45, 2.75) is 20.0 Å². The summed E-state index contributed by atoms with van der Waals surface area (Å²) in [5, 5.41) is 7.05. The minimum absolute atomic E-state index is 0.188. The molecule has 0 saturated carbocycles. The maximum atomic E-state index is 5.81. The molecule has 0 saturated heterocycles. The van der Waals surface area contributed by atoms with E-state index in [4.69, 9.17) is 10.3 Å². The maximum absolute atomic E-state index is 5.81. The topological polar surface area (TPSA) is 133 Å². The molecule has 0 amide bonds. The molecule has 4 aromatic heterocycles. The van der Waals surface area contributed by atoms with Crippen molar-refractivity contribution in [2.24, 2.45) is 0 Å². The van der Waals surface area contributed by atoms with Crippen LogP contribution in [0.5, 0.6) is 0 Å². The zero-order valence-corrected chi connectivity index (χ0v) is 13.4. The first-order valence-corrected chi connectivity index (χ1v) is 7.60. The van der Waals surface area contributed by atoms with Crippen LogP contribution < -0.4 is 11.1 Å². The van der Waals surface area contributed by atoms with Crippen LogP contribution in [0.2, 0.25) is 0 Å². The second-order valence-electron chi connectivity index (χ2n) is 5.36. The molecule has 4 rings (SSSR count). The third-order valence-electron chi connectivity index (χ3n) is 3.54. The number of nitrogens with two attached hydrogens (primary N) is 1. The van der Waals surface area contributed by atoms with Crippen LogP contribution in [0.4, 0.5) is 11.8 Å². The van der Waals surface area contributed by atoms with Gasteiger partial charge < -0.3 is 20.1 Å². The third kappa shape index (κ3) is 3.09. The van der Waals surface area contributed by atoms with E-state index in [0.29, 0.717) is 36.4 Å². The Morgan fingerprint density at radius 3 is 2.76 bits per heavy atom. The zero-order chi connectivity index (χ0) is 17.2. The van der Waals surface area contributed by atoms with E-state index in [0.717, 1.165) is 11.0 Å². The number of nitrogens with zero attached hydrogens (tertiary/aromatic N) is 7. The molecular weight excluding hydrogens is 322 g/mol. The van der Waals surface area contributed by atoms with E-state index in [1.165, 1.54) is 0 Å². The van der Waals surface area contributed by atoms with Gasteiger partial charge in [-0.15, -0.1) is 0 Å². The van der Waals surface area contributed by atoms with E-state index >= 15 is 0 Å². The Morgan fingerprint density at radius 2 is 2.00 bits per heavy atom. The van der Waals surface area contributed by atoms with Crippen LogP contribution in [-0.4, -0.2) is 34.6 Å². The molecule has 0 radical (unpaired) electrons. The highest BCUT2D eigenvalue weighted by atomic mass is 16.5. The fourth-order valence-corrected chi connectivity index (χ4v) is 2.52. The highest BCUT2D eigenvalue weighted by Crippen LogP contribution is 2.23. The molecule has 0 atom stereocenters. The van der Waals surface area contributed by atoms with Crippen molar-refractivity contribution in [3.05, 3.63) is 48.3 Å². The number of aromatic nitrogens is 7. The van der Waals surface area contributed by atoms with Gasteiger partial charge in [0.05, 0.1) is 18.6 Å². The van der Waals surface area contributed by atoms with E-state index < -0.39 is 0 Å². The molecule has 0 aliphatic heterocycles. The van der Waals surface area contributed by atoms with Gasteiger partial charge in [0.15, 0.2) is 11.6 Å². The molecule has 126 valence electrons. The lowest BCUT2D eigenvalue weighted by molar-refractivity contribution is 0.388. The summed E-state index contributed by atoms with van der Waals surface area (Å²) in [5.74, 6) is 2.51. The van der Waals surface area contributed by atoms with Crippen LogP contribution in [-0.2, 0) is 13.1 Å². The lowest BCUT2D eigenvalue weighted by atomic mass is 10.4. The summed E-state index contributed by atoms with van der Waals surface area (Å²) < 4.78 is 6.94. The summed E-state index contributed by atoms with van der Waals surface area (Å²) in [6.45, 7) is 2.59. The number of rotatable bonds is 5. The van der Waals surface area contributed by atoms with Gasteiger partial charge in [0.1, 0.15) is 11.3 Å². The normalized spacial score (nSPS) is 11.1. The van der Waals surface area contributed by atoms with Gasteiger partial charge in [0.25, 0.3) is 0 Å². The Bertz CT molecular complexity index is 1010. The molecular formula is C15H15N9O. The van der Waals surface area contributed by atoms with Crippen molar-refractivity contribution in [3.8, 4) is 0 Å². The Balaban J connectivity index is 1.68. The average molecular weight is 337 g/mol. The molecule has 10 nitrogen and oxygen atoms in total. The first kappa shape index (κ1) is 15.0. The molecule has 0 aromatic carbocycles. The van der Waals surface area contributed by atoms with E-state index in [2.05, 4.69) is 35.4 Å². The van der Waals surface area contributed by atoms with Crippen LogP contribution in [0.15, 0.2) is 35.2 Å². The first-order valence-electron chi connectivity index (χ1n) is 7.60. The molecule has 0 fully saturated rings. The Morgan fingerprint density at radius 1 is 1.16 bits per heavy atom. The summed E-state index contributed by atoms with van der Waals surface area (Å²) in [6, 6.07) is 3.65. The van der Waals surface area contributed by atoms with Crippen molar-refractivity contribution in [1.29, 1.82) is 0 Å². The fraction of sp³-hybridized carbons (Fsp3) is 0.200. The average Bonchev–Trinajstić information content (AvgIpc) is 3.20. The molecule has 0 aliphatic carbocycles. The standard InChI is InChI=1S/C15H15N9O/c1-9-20-11(23-25-9)7-19-14-13-10(21-15(16)22-14)3-6-24(13)8-12-17-4-2-5-18-12/h2-6H,7-8H2,1H3,(H3,16,19,21,22). The predicted molar refractivity (Wildman–Crippen MR) is 89.4 cm³/mol. The monoisotopic (exact) mass is 337 g/mol. The van der Waals surface area contributed by atoms with Crippen molar-refractivity contribution in [2.75, 3.05) is 11.1 Å². The van der Waals surface area contributed by atoms with Crippen molar-refractivity contribution in [1.82, 2.24) is 34.6 Å². The molecule has 0 spiro atoms. The Kier molecular flexibility index (Phi) is 3.69. The predicted octanol–water partition coefficient (Wildman–Crippen LogP) is 1.16. The Labute approximate surface area is 142 Å². The van der Waals surface area contributed by atoms with Crippen molar-refractivity contribution in [3.63, 3.8) is 0 Å². The first-order chi connectivity index (χ1) is 12.2. The van der Waals surface area contributed by atoms with Crippen molar-refractivity contribution >= 4 is 22.8 Å². The summed E-state index contributed by atoms with van der Waals surface area (Å²) in [4.78, 5) is 21.3. The third-order valence-corrected chi connectivity index (χ3v) is 3.54. The SMILES string of the molecule is Cc1nc(CNc2nc(N)nc3ccn(Cc4ncccn4)c23)no1. The maximum Gasteiger partial charge on any atom is 0.223 e. The lowest BCUT2D eigenvalue weighted by Gasteiger charge is -2.09. The number of aryl methyl sites for hydroxylation is 1. The number of fused-ring (bicyclic) bond motifs is 1. The second kappa shape index (κ2) is 6.15. The fourth-order valence-electron chi connectivity index (χ4n) is 2.52. The number of hydrogen-bond donors (Lipinski definition) is 2. The highest BCUT2D eigenvalue weighted by molar-refractivity contribution is 5.87. The highest BCUT2D eigenvalue weighted by Gasteiger charge is 2.13. The van der Waals surface area contributed by atoms with E-state index in [-0.39, 0.29) is 5.95 Å². The summed E-state index contributed by atoms with van der Waals surface area (Å²) >= 11 is 0. The quantitative estimate of drug-likeness (QED) is 0.550. The minimum atomic E-state index is 0.188. The zero-order valence-electron chi connectivity index (χ0n) is 13.4. The molecule has 4 heterocycles. The van der Waals surface area contributed by atoms with E-state index in [1.54, 1.807) is 25.4 Å². The largest absolute Gasteiger partial charge is 0.368 e. The lowest BCUT2D eigenvalue weighted by Crippen LogP contribution is -2.09. The van der Waals surface area contributed by atoms with Gasteiger partial charge >= 0.3 is 0 Å². The van der Waals surface area contributed by atoms with Gasteiger partial charge in [-0.3, -0.25) is 0 Å². The van der Waals surface area contributed by atoms with Crippen LogP contribution in [0, 0.1) is 6.92 Å². The number of nitrogen functional groups attached to an aromatic ring is 1. The van der Waals surface area contributed by atoms with Crippen LogP contribution in [0.3, 0.4) is 0 Å². The van der Waals surface area contributed by atoms with Crippen LogP contribution >= 0.6 is 0 Å². The van der Waals surface area contributed by atoms with Gasteiger partial charge in [-0.2, -0.15) is 9.97 Å². The summed E-state index contributed by atoms with van der Waals surface area (Å²) in [6.07, 6.45) is 5.32. The summed E-state index contributed by atoms with van der Waals surface area (Å²) in [5.41, 5.74) is 7.35. The van der Waals surface area contributed by atoms with Crippen LogP contribution in [0.1, 0.15) is 17.5 Å². The molecule has 25 heavy (non-hydrogen) atoms. The molecule has 0 bridgehead atoms. The molecule has 4 aromatic rings. The van der Waals surface area contributed by atoms with Gasteiger partial charge in [0, 0.05) is 25.5 Å². The number of hydrogen-bond acceptors (Lipinski definition) is 9. The molecule has 0 aliphatic rings. The second-order valence-corrected chi connectivity index (χ2v) is 5.36. The molecule has 10 heteroatoms. The van der Waals surface area contributed by atoms with Crippen molar-refractivity contribution < 1.29 is 4.52 Å².